The Hall–Kier alpha value is -1.35. The molecule has 21 heavy (non-hydrogen) atoms. The molecule has 0 saturated carbocycles. The lowest BCUT2D eigenvalue weighted by molar-refractivity contribution is 0.565. The Morgan fingerprint density at radius 3 is 2.52 bits per heavy atom. The molecule has 0 spiro atoms. The third-order valence-corrected chi connectivity index (χ3v) is 3.45. The summed E-state index contributed by atoms with van der Waals surface area (Å²) in [5.74, 6) is 1.05. The summed E-state index contributed by atoms with van der Waals surface area (Å²) in [5.41, 5.74) is 2.51. The normalized spacial score (nSPS) is 11.5. The molecule has 3 nitrogen and oxygen atoms in total. The van der Waals surface area contributed by atoms with E-state index in [4.69, 9.17) is 4.98 Å². The molecule has 0 aliphatic carbocycles. The number of nitrogens with zero attached hydrogens (tertiary/aromatic N) is 2. The monoisotopic (exact) mass is 289 g/mol. The summed E-state index contributed by atoms with van der Waals surface area (Å²) in [5, 5.41) is 3.48. The van der Waals surface area contributed by atoms with Gasteiger partial charge in [0, 0.05) is 30.7 Å². The van der Waals surface area contributed by atoms with Gasteiger partial charge in [-0.25, -0.2) is 4.98 Å². The Labute approximate surface area is 130 Å². The summed E-state index contributed by atoms with van der Waals surface area (Å²) in [7, 11) is 0. The molecular weight excluding hydrogens is 258 g/mol. The van der Waals surface area contributed by atoms with Gasteiger partial charge in [0.1, 0.15) is 5.82 Å². The van der Waals surface area contributed by atoms with Gasteiger partial charge in [0.15, 0.2) is 0 Å². The van der Waals surface area contributed by atoms with Crippen molar-refractivity contribution in [2.24, 2.45) is 0 Å². The molecule has 1 rings (SSSR count). The van der Waals surface area contributed by atoms with Crippen molar-refractivity contribution in [2.45, 2.75) is 53.0 Å². The third kappa shape index (κ3) is 5.50. The van der Waals surface area contributed by atoms with Crippen LogP contribution in [0.5, 0.6) is 0 Å². The summed E-state index contributed by atoms with van der Waals surface area (Å²) in [6.07, 6.45) is 3.09. The highest BCUT2D eigenvalue weighted by molar-refractivity contribution is 5.44. The van der Waals surface area contributed by atoms with Crippen LogP contribution in [0.4, 0.5) is 5.82 Å². The first kappa shape index (κ1) is 17.7. The van der Waals surface area contributed by atoms with Crippen LogP contribution in [0.3, 0.4) is 0 Å². The Morgan fingerprint density at radius 2 is 2.00 bits per heavy atom. The van der Waals surface area contributed by atoms with Gasteiger partial charge in [0.25, 0.3) is 0 Å². The second kappa shape index (κ2) is 8.18. The van der Waals surface area contributed by atoms with Gasteiger partial charge in [0.2, 0.25) is 0 Å². The van der Waals surface area contributed by atoms with Crippen molar-refractivity contribution in [1.82, 2.24) is 10.3 Å². The predicted octanol–water partition coefficient (Wildman–Crippen LogP) is 3.89. The first-order chi connectivity index (χ1) is 9.92. The smallest absolute Gasteiger partial charge is 0.129 e. The second-order valence-corrected chi connectivity index (χ2v) is 6.47. The zero-order valence-electron chi connectivity index (χ0n) is 14.4. The molecule has 1 N–H and O–H groups in total. The van der Waals surface area contributed by atoms with Crippen LogP contribution in [-0.2, 0) is 12.0 Å². The zero-order chi connectivity index (χ0) is 15.9. The minimum absolute atomic E-state index is 0.0586. The van der Waals surface area contributed by atoms with Gasteiger partial charge >= 0.3 is 0 Å². The molecule has 0 aliphatic rings. The molecule has 0 amide bonds. The van der Waals surface area contributed by atoms with Crippen molar-refractivity contribution >= 4 is 5.82 Å². The molecule has 118 valence electrons. The quantitative estimate of drug-likeness (QED) is 0.581. The molecule has 0 unspecified atom stereocenters. The van der Waals surface area contributed by atoms with E-state index in [1.54, 1.807) is 0 Å². The summed E-state index contributed by atoms with van der Waals surface area (Å²) in [6, 6.07) is 4.43. The fourth-order valence-electron chi connectivity index (χ4n) is 2.17. The van der Waals surface area contributed by atoms with E-state index in [9.17, 15) is 0 Å². The SMILES string of the molecule is C=CCN(CC)c1cc(CNCCC)cc(C(C)(C)C)n1. The maximum absolute atomic E-state index is 4.87. The number of nitrogens with one attached hydrogen (secondary N) is 1. The fraction of sp³-hybridized carbons (Fsp3) is 0.611. The minimum Gasteiger partial charge on any atom is -0.353 e. The van der Waals surface area contributed by atoms with Crippen LogP contribution in [0.1, 0.15) is 52.3 Å². The van der Waals surface area contributed by atoms with Crippen molar-refractivity contribution < 1.29 is 0 Å². The molecule has 1 heterocycles. The largest absolute Gasteiger partial charge is 0.353 e. The van der Waals surface area contributed by atoms with Crippen LogP contribution in [0.25, 0.3) is 0 Å². The van der Waals surface area contributed by atoms with Crippen molar-refractivity contribution in [1.29, 1.82) is 0 Å². The lowest BCUT2D eigenvalue weighted by Gasteiger charge is -2.25. The maximum atomic E-state index is 4.87. The highest BCUT2D eigenvalue weighted by Gasteiger charge is 2.18. The van der Waals surface area contributed by atoms with E-state index in [1.165, 1.54) is 5.56 Å². The summed E-state index contributed by atoms with van der Waals surface area (Å²) in [6.45, 7) is 18.6. The van der Waals surface area contributed by atoms with E-state index >= 15 is 0 Å². The van der Waals surface area contributed by atoms with Gasteiger partial charge in [-0.3, -0.25) is 0 Å². The van der Waals surface area contributed by atoms with E-state index in [0.717, 1.165) is 44.1 Å². The first-order valence-electron chi connectivity index (χ1n) is 8.00. The van der Waals surface area contributed by atoms with E-state index < -0.39 is 0 Å². The van der Waals surface area contributed by atoms with Crippen LogP contribution >= 0.6 is 0 Å². The molecule has 0 aliphatic heterocycles. The van der Waals surface area contributed by atoms with Gasteiger partial charge < -0.3 is 10.2 Å². The average Bonchev–Trinajstić information content (AvgIpc) is 2.44. The lowest BCUT2D eigenvalue weighted by atomic mass is 9.90. The number of aromatic nitrogens is 1. The number of pyridine rings is 1. The van der Waals surface area contributed by atoms with Crippen LogP contribution in [-0.4, -0.2) is 24.6 Å². The van der Waals surface area contributed by atoms with Gasteiger partial charge in [-0.1, -0.05) is 33.8 Å². The van der Waals surface area contributed by atoms with Crippen molar-refractivity contribution in [3.63, 3.8) is 0 Å². The van der Waals surface area contributed by atoms with Gasteiger partial charge in [-0.2, -0.15) is 0 Å². The van der Waals surface area contributed by atoms with E-state index in [0.29, 0.717) is 0 Å². The van der Waals surface area contributed by atoms with E-state index in [1.807, 2.05) is 6.08 Å². The first-order valence-corrected chi connectivity index (χ1v) is 8.00. The van der Waals surface area contributed by atoms with Gasteiger partial charge in [-0.05, 0) is 37.6 Å². The standard InChI is InChI=1S/C18H31N3/c1-7-10-19-14-15-12-16(18(4,5)6)20-17(13-15)21(9-3)11-8-2/h8,12-13,19H,2,7,9-11,14H2,1,3-6H3. The molecule has 1 aromatic heterocycles. The number of likely N-dealkylation sites (N-methyl/N-ethyl adjacent to an activating group) is 1. The fourth-order valence-corrected chi connectivity index (χ4v) is 2.17. The number of anilines is 1. The number of hydrogen-bond acceptors (Lipinski definition) is 3. The molecule has 0 fully saturated rings. The topological polar surface area (TPSA) is 28.2 Å². The Balaban J connectivity index is 3.10. The van der Waals surface area contributed by atoms with Crippen LogP contribution in [0.2, 0.25) is 0 Å². The lowest BCUT2D eigenvalue weighted by Crippen LogP contribution is -2.26. The van der Waals surface area contributed by atoms with Crippen molar-refractivity contribution in [3.8, 4) is 0 Å². The van der Waals surface area contributed by atoms with Crippen molar-refractivity contribution in [2.75, 3.05) is 24.5 Å². The van der Waals surface area contributed by atoms with E-state index in [2.05, 4.69) is 63.5 Å². The van der Waals surface area contributed by atoms with Crippen LogP contribution < -0.4 is 10.2 Å². The summed E-state index contributed by atoms with van der Waals surface area (Å²) >= 11 is 0. The molecule has 1 aromatic rings. The van der Waals surface area contributed by atoms with Gasteiger partial charge in [0.05, 0.1) is 0 Å². The molecule has 0 aromatic carbocycles. The minimum atomic E-state index is 0.0586. The molecule has 0 radical (unpaired) electrons. The summed E-state index contributed by atoms with van der Waals surface area (Å²) in [4.78, 5) is 7.13. The molecule has 0 atom stereocenters. The Morgan fingerprint density at radius 1 is 1.29 bits per heavy atom. The number of rotatable bonds is 8. The van der Waals surface area contributed by atoms with Crippen LogP contribution in [0, 0.1) is 0 Å². The predicted molar refractivity (Wildman–Crippen MR) is 93.0 cm³/mol. The molecular formula is C18H31N3. The zero-order valence-corrected chi connectivity index (χ0v) is 14.4. The molecule has 3 heteroatoms. The number of hydrogen-bond donors (Lipinski definition) is 1. The van der Waals surface area contributed by atoms with E-state index in [-0.39, 0.29) is 5.41 Å². The van der Waals surface area contributed by atoms with Crippen molar-refractivity contribution in [3.05, 3.63) is 36.0 Å². The van der Waals surface area contributed by atoms with Crippen LogP contribution in [0.15, 0.2) is 24.8 Å². The Bertz CT molecular complexity index is 446. The Kier molecular flexibility index (Phi) is 6.90. The summed E-state index contributed by atoms with van der Waals surface area (Å²) < 4.78 is 0. The molecule has 0 saturated heterocycles. The highest BCUT2D eigenvalue weighted by Crippen LogP contribution is 2.25. The average molecular weight is 289 g/mol. The molecule has 0 bridgehead atoms. The third-order valence-electron chi connectivity index (χ3n) is 3.45. The second-order valence-electron chi connectivity index (χ2n) is 6.47. The maximum Gasteiger partial charge on any atom is 0.129 e. The highest BCUT2D eigenvalue weighted by atomic mass is 15.2. The van der Waals surface area contributed by atoms with Gasteiger partial charge in [-0.15, -0.1) is 6.58 Å².